The van der Waals surface area contributed by atoms with Crippen LogP contribution in [0.2, 0.25) is 0 Å². The number of carbonyl (C=O) groups is 1. The summed E-state index contributed by atoms with van der Waals surface area (Å²) in [7, 11) is 0. The first-order valence-corrected chi connectivity index (χ1v) is 6.47. The molecular formula is C13H13BrN2O2. The van der Waals surface area contributed by atoms with Crippen molar-refractivity contribution in [3.8, 4) is 6.07 Å². The van der Waals surface area contributed by atoms with Crippen LogP contribution in [0, 0.1) is 16.7 Å². The molecule has 94 valence electrons. The highest BCUT2D eigenvalue weighted by Crippen LogP contribution is 2.26. The average molecular weight is 309 g/mol. The first-order chi connectivity index (χ1) is 8.66. The number of benzene rings is 1. The number of ether oxygens (including phenoxy) is 1. The van der Waals surface area contributed by atoms with Crippen molar-refractivity contribution in [2.75, 3.05) is 19.8 Å². The molecule has 0 radical (unpaired) electrons. The third-order valence-electron chi connectivity index (χ3n) is 2.96. The van der Waals surface area contributed by atoms with Crippen molar-refractivity contribution in [1.82, 2.24) is 5.32 Å². The molecule has 18 heavy (non-hydrogen) atoms. The van der Waals surface area contributed by atoms with Gasteiger partial charge in [-0.3, -0.25) is 4.79 Å². The molecule has 1 heterocycles. The van der Waals surface area contributed by atoms with Crippen LogP contribution in [0.5, 0.6) is 0 Å². The first-order valence-electron chi connectivity index (χ1n) is 5.68. The fraction of sp³-hybridized carbons (Fsp3) is 0.385. The van der Waals surface area contributed by atoms with Crippen molar-refractivity contribution in [2.45, 2.75) is 6.42 Å². The summed E-state index contributed by atoms with van der Waals surface area (Å²) < 4.78 is 5.97. The molecule has 1 aromatic rings. The van der Waals surface area contributed by atoms with Gasteiger partial charge in [0.2, 0.25) is 5.91 Å². The van der Waals surface area contributed by atoms with Crippen LogP contribution in [-0.4, -0.2) is 25.7 Å². The summed E-state index contributed by atoms with van der Waals surface area (Å²) in [5.74, 6) is -0.228. The Hall–Kier alpha value is -1.38. The molecule has 1 fully saturated rings. The Morgan fingerprint density at radius 2 is 2.11 bits per heavy atom. The number of hydrogen-bond acceptors (Lipinski definition) is 3. The molecule has 1 aliphatic heterocycles. The summed E-state index contributed by atoms with van der Waals surface area (Å²) in [6.07, 6.45) is 0.751. The predicted octanol–water partition coefficient (Wildman–Crippen LogP) is 1.65. The lowest BCUT2D eigenvalue weighted by atomic mass is 9.87. The fourth-order valence-electron chi connectivity index (χ4n) is 1.69. The van der Waals surface area contributed by atoms with Crippen LogP contribution in [0.4, 0.5) is 0 Å². The third kappa shape index (κ3) is 2.71. The standard InChI is InChI=1S/C13H13BrN2O2/c14-11-3-1-10(2-4-11)5-6-16-12(17)13(7-15)8-18-9-13/h1-4H,5-6,8-9H2,(H,16,17). The second kappa shape index (κ2) is 5.51. The molecule has 0 spiro atoms. The summed E-state index contributed by atoms with van der Waals surface area (Å²) in [6.45, 7) is 0.936. The molecular weight excluding hydrogens is 296 g/mol. The van der Waals surface area contributed by atoms with Crippen LogP contribution in [0.25, 0.3) is 0 Å². The van der Waals surface area contributed by atoms with E-state index in [0.29, 0.717) is 6.54 Å². The first kappa shape index (κ1) is 13.1. The quantitative estimate of drug-likeness (QED) is 0.920. The third-order valence-corrected chi connectivity index (χ3v) is 3.49. The van der Waals surface area contributed by atoms with Crippen LogP contribution in [0.3, 0.4) is 0 Å². The number of hydrogen-bond donors (Lipinski definition) is 1. The van der Waals surface area contributed by atoms with Crippen LogP contribution in [0.1, 0.15) is 5.56 Å². The van der Waals surface area contributed by atoms with Crippen LogP contribution in [0.15, 0.2) is 28.7 Å². The number of rotatable bonds is 4. The highest BCUT2D eigenvalue weighted by Gasteiger charge is 2.46. The molecule has 0 unspecified atom stereocenters. The number of amides is 1. The molecule has 0 saturated carbocycles. The van der Waals surface area contributed by atoms with Crippen LogP contribution in [-0.2, 0) is 16.0 Å². The Bertz CT molecular complexity index is 475. The Morgan fingerprint density at radius 3 is 2.61 bits per heavy atom. The van der Waals surface area contributed by atoms with Gasteiger partial charge in [-0.2, -0.15) is 5.26 Å². The van der Waals surface area contributed by atoms with Crippen molar-refractivity contribution in [2.24, 2.45) is 5.41 Å². The summed E-state index contributed by atoms with van der Waals surface area (Å²) in [6, 6.07) is 9.96. The Labute approximate surface area is 114 Å². The zero-order valence-corrected chi connectivity index (χ0v) is 11.4. The molecule has 0 aliphatic carbocycles. The number of carbonyl (C=O) groups excluding carboxylic acids is 1. The Balaban J connectivity index is 1.80. The molecule has 2 rings (SSSR count). The predicted molar refractivity (Wildman–Crippen MR) is 69.7 cm³/mol. The van der Waals surface area contributed by atoms with E-state index < -0.39 is 5.41 Å². The monoisotopic (exact) mass is 308 g/mol. The number of nitrogens with zero attached hydrogens (tertiary/aromatic N) is 1. The lowest BCUT2D eigenvalue weighted by Gasteiger charge is -2.33. The second-order valence-corrected chi connectivity index (χ2v) is 5.23. The molecule has 1 saturated heterocycles. The SMILES string of the molecule is N#CC1(C(=O)NCCc2ccc(Br)cc2)COC1. The van der Waals surface area contributed by atoms with Crippen molar-refractivity contribution >= 4 is 21.8 Å². The molecule has 1 amide bonds. The van der Waals surface area contributed by atoms with Gasteiger partial charge >= 0.3 is 0 Å². The van der Waals surface area contributed by atoms with Gasteiger partial charge < -0.3 is 10.1 Å². The summed E-state index contributed by atoms with van der Waals surface area (Å²) in [4.78, 5) is 11.8. The fourth-order valence-corrected chi connectivity index (χ4v) is 1.96. The van der Waals surface area contributed by atoms with Gasteiger partial charge in [-0.05, 0) is 24.1 Å². The van der Waals surface area contributed by atoms with E-state index in [-0.39, 0.29) is 19.1 Å². The van der Waals surface area contributed by atoms with E-state index >= 15 is 0 Å². The molecule has 1 aromatic carbocycles. The van der Waals surface area contributed by atoms with E-state index in [1.165, 1.54) is 0 Å². The van der Waals surface area contributed by atoms with E-state index in [9.17, 15) is 4.79 Å². The minimum absolute atomic E-state index is 0.202. The maximum atomic E-state index is 11.8. The minimum Gasteiger partial charge on any atom is -0.377 e. The zero-order chi connectivity index (χ0) is 13.0. The van der Waals surface area contributed by atoms with E-state index in [1.807, 2.05) is 30.3 Å². The van der Waals surface area contributed by atoms with Gasteiger partial charge in [0.1, 0.15) is 0 Å². The van der Waals surface area contributed by atoms with Gasteiger partial charge in [-0.15, -0.1) is 0 Å². The maximum absolute atomic E-state index is 11.8. The smallest absolute Gasteiger partial charge is 0.245 e. The number of nitrogens with one attached hydrogen (secondary N) is 1. The lowest BCUT2D eigenvalue weighted by Crippen LogP contribution is -2.53. The van der Waals surface area contributed by atoms with Gasteiger partial charge in [0.15, 0.2) is 5.41 Å². The topological polar surface area (TPSA) is 62.1 Å². The largest absolute Gasteiger partial charge is 0.377 e. The highest BCUT2D eigenvalue weighted by molar-refractivity contribution is 9.10. The van der Waals surface area contributed by atoms with Gasteiger partial charge in [-0.1, -0.05) is 28.1 Å². The Kier molecular flexibility index (Phi) is 4.00. The van der Waals surface area contributed by atoms with Crippen molar-refractivity contribution in [3.63, 3.8) is 0 Å². The molecule has 1 aliphatic rings. The molecule has 0 aromatic heterocycles. The van der Waals surface area contributed by atoms with Gasteiger partial charge in [0.25, 0.3) is 0 Å². The van der Waals surface area contributed by atoms with E-state index in [0.717, 1.165) is 16.5 Å². The lowest BCUT2D eigenvalue weighted by molar-refractivity contribution is -0.149. The molecule has 5 heteroatoms. The molecule has 4 nitrogen and oxygen atoms in total. The Morgan fingerprint density at radius 1 is 1.44 bits per heavy atom. The molecule has 0 atom stereocenters. The molecule has 1 N–H and O–H groups in total. The van der Waals surface area contributed by atoms with Crippen molar-refractivity contribution in [1.29, 1.82) is 5.26 Å². The minimum atomic E-state index is -0.959. The van der Waals surface area contributed by atoms with Gasteiger partial charge in [0, 0.05) is 11.0 Å². The normalized spacial score (nSPS) is 16.4. The van der Waals surface area contributed by atoms with Crippen molar-refractivity contribution < 1.29 is 9.53 Å². The number of halogens is 1. The van der Waals surface area contributed by atoms with Crippen LogP contribution >= 0.6 is 15.9 Å². The second-order valence-electron chi connectivity index (χ2n) is 4.32. The number of nitriles is 1. The summed E-state index contributed by atoms with van der Waals surface area (Å²) >= 11 is 3.37. The van der Waals surface area contributed by atoms with Crippen molar-refractivity contribution in [3.05, 3.63) is 34.3 Å². The average Bonchev–Trinajstić information content (AvgIpc) is 2.31. The summed E-state index contributed by atoms with van der Waals surface area (Å²) in [5, 5.41) is 11.7. The highest BCUT2D eigenvalue weighted by atomic mass is 79.9. The van der Waals surface area contributed by atoms with E-state index in [4.69, 9.17) is 10.00 Å². The van der Waals surface area contributed by atoms with E-state index in [1.54, 1.807) is 0 Å². The maximum Gasteiger partial charge on any atom is 0.245 e. The molecule has 0 bridgehead atoms. The van der Waals surface area contributed by atoms with Gasteiger partial charge in [-0.25, -0.2) is 0 Å². The van der Waals surface area contributed by atoms with E-state index in [2.05, 4.69) is 21.2 Å². The van der Waals surface area contributed by atoms with Gasteiger partial charge in [0.05, 0.1) is 19.3 Å². The zero-order valence-electron chi connectivity index (χ0n) is 9.78. The summed E-state index contributed by atoms with van der Waals surface area (Å²) in [5.41, 5.74) is 0.189. The van der Waals surface area contributed by atoms with Crippen LogP contribution < -0.4 is 5.32 Å².